The number of ether oxygens (including phenoxy) is 8. The lowest BCUT2D eigenvalue weighted by molar-refractivity contribution is -0.227. The zero-order chi connectivity index (χ0) is 20.7. The summed E-state index contributed by atoms with van der Waals surface area (Å²) < 4.78 is 44.7. The molecule has 0 amide bonds. The van der Waals surface area contributed by atoms with E-state index in [0.717, 1.165) is 11.8 Å². The van der Waals surface area contributed by atoms with Crippen molar-refractivity contribution in [3.8, 4) is 0 Å². The Bertz CT molecular complexity index is 445. The molecule has 0 aromatic heterocycles. The molecule has 8 nitrogen and oxygen atoms in total. The third-order valence-electron chi connectivity index (χ3n) is 5.23. The number of methoxy groups -OCH3 is 2. The summed E-state index contributed by atoms with van der Waals surface area (Å²) in [7, 11) is 3.25. The van der Waals surface area contributed by atoms with Crippen molar-refractivity contribution < 1.29 is 37.9 Å². The number of fused-ring (bicyclic) bond motifs is 2. The van der Waals surface area contributed by atoms with E-state index in [1.165, 1.54) is 0 Å². The van der Waals surface area contributed by atoms with Crippen molar-refractivity contribution in [1.82, 2.24) is 0 Å². The molecule has 0 radical (unpaired) electrons. The molecule has 0 spiro atoms. The molecule has 0 aromatic rings. The summed E-state index contributed by atoms with van der Waals surface area (Å²) in [6, 6.07) is 0. The van der Waals surface area contributed by atoms with Gasteiger partial charge < -0.3 is 37.9 Å². The average Bonchev–Trinajstić information content (AvgIpc) is 3.31. The lowest BCUT2D eigenvalue weighted by Gasteiger charge is -2.22. The van der Waals surface area contributed by atoms with Crippen LogP contribution >= 0.6 is 15.9 Å². The van der Waals surface area contributed by atoms with Crippen LogP contribution in [0, 0.1) is 0 Å². The molecule has 4 fully saturated rings. The summed E-state index contributed by atoms with van der Waals surface area (Å²) in [6.45, 7) is 9.73. The SMILES string of the molecule is C.C.CC[C@H]1OC(OC)[C@@H]2OC(C)(C)O[C@H]12.COC1O[C@H](CBr)[C@H]2OC(C)(C)O[C@@H]12. The number of alkyl halides is 1. The maximum atomic E-state index is 5.78. The lowest BCUT2D eigenvalue weighted by Crippen LogP contribution is -2.30. The highest BCUT2D eigenvalue weighted by Gasteiger charge is 2.56. The zero-order valence-corrected chi connectivity index (χ0v) is 19.3. The molecule has 0 saturated carbocycles. The predicted molar refractivity (Wildman–Crippen MR) is 117 cm³/mol. The smallest absolute Gasteiger partial charge is 0.186 e. The van der Waals surface area contributed by atoms with Gasteiger partial charge in [0.1, 0.15) is 24.4 Å². The Morgan fingerprint density at radius 2 is 1.07 bits per heavy atom. The van der Waals surface area contributed by atoms with Crippen molar-refractivity contribution in [2.45, 2.75) is 117 Å². The van der Waals surface area contributed by atoms with Gasteiger partial charge in [0.15, 0.2) is 24.2 Å². The first-order chi connectivity index (χ1) is 13.1. The molecule has 4 aliphatic heterocycles. The van der Waals surface area contributed by atoms with Crippen LogP contribution in [0.4, 0.5) is 0 Å². The molecule has 180 valence electrons. The molecular formula is C21H41BrO8. The van der Waals surface area contributed by atoms with Crippen LogP contribution in [-0.2, 0) is 37.9 Å². The predicted octanol–water partition coefficient (Wildman–Crippen LogP) is 3.83. The quantitative estimate of drug-likeness (QED) is 0.539. The Labute approximate surface area is 190 Å². The van der Waals surface area contributed by atoms with E-state index in [9.17, 15) is 0 Å². The second-order valence-corrected chi connectivity index (χ2v) is 8.90. The van der Waals surface area contributed by atoms with E-state index in [4.69, 9.17) is 37.9 Å². The highest BCUT2D eigenvalue weighted by atomic mass is 79.9. The van der Waals surface area contributed by atoms with Crippen LogP contribution in [0.3, 0.4) is 0 Å². The van der Waals surface area contributed by atoms with Gasteiger partial charge in [-0.2, -0.15) is 0 Å². The maximum absolute atomic E-state index is 5.78. The Morgan fingerprint density at radius 3 is 1.43 bits per heavy atom. The Hall–Kier alpha value is 0.160. The van der Waals surface area contributed by atoms with Gasteiger partial charge in [-0.1, -0.05) is 37.7 Å². The van der Waals surface area contributed by atoms with Crippen LogP contribution in [0.2, 0.25) is 0 Å². The van der Waals surface area contributed by atoms with Gasteiger partial charge in [0, 0.05) is 19.5 Å². The van der Waals surface area contributed by atoms with Crippen LogP contribution in [0.5, 0.6) is 0 Å². The third-order valence-corrected chi connectivity index (χ3v) is 5.87. The van der Waals surface area contributed by atoms with Crippen molar-refractivity contribution in [2.75, 3.05) is 19.5 Å². The van der Waals surface area contributed by atoms with Gasteiger partial charge in [0.2, 0.25) is 0 Å². The fourth-order valence-corrected chi connectivity index (χ4v) is 4.64. The van der Waals surface area contributed by atoms with E-state index in [2.05, 4.69) is 22.9 Å². The molecule has 0 aliphatic carbocycles. The lowest BCUT2D eigenvalue weighted by atomic mass is 10.1. The Kier molecular flexibility index (Phi) is 10.2. The topological polar surface area (TPSA) is 73.8 Å². The van der Waals surface area contributed by atoms with Gasteiger partial charge >= 0.3 is 0 Å². The van der Waals surface area contributed by atoms with Gasteiger partial charge in [0.25, 0.3) is 0 Å². The number of halogens is 1. The van der Waals surface area contributed by atoms with Crippen molar-refractivity contribution in [1.29, 1.82) is 0 Å². The summed E-state index contributed by atoms with van der Waals surface area (Å²) in [5.41, 5.74) is 0. The number of rotatable bonds is 4. The van der Waals surface area contributed by atoms with Crippen LogP contribution in [0.1, 0.15) is 55.9 Å². The number of hydrogen-bond donors (Lipinski definition) is 0. The van der Waals surface area contributed by atoms with Crippen molar-refractivity contribution in [2.24, 2.45) is 0 Å². The largest absolute Gasteiger partial charge is 0.353 e. The molecule has 0 aromatic carbocycles. The van der Waals surface area contributed by atoms with E-state index in [-0.39, 0.29) is 64.1 Å². The van der Waals surface area contributed by atoms with Gasteiger partial charge in [-0.25, -0.2) is 0 Å². The Morgan fingerprint density at radius 1 is 0.700 bits per heavy atom. The van der Waals surface area contributed by atoms with Gasteiger partial charge in [-0.15, -0.1) is 0 Å². The van der Waals surface area contributed by atoms with E-state index in [1.807, 2.05) is 27.7 Å². The first kappa shape index (κ1) is 28.2. The first-order valence-electron chi connectivity index (χ1n) is 9.78. The van der Waals surface area contributed by atoms with Crippen LogP contribution in [0.25, 0.3) is 0 Å². The summed E-state index contributed by atoms with van der Waals surface area (Å²) in [6.07, 6.45) is 0.196. The van der Waals surface area contributed by atoms with Crippen molar-refractivity contribution in [3.63, 3.8) is 0 Å². The molecular weight excluding hydrogens is 460 g/mol. The molecule has 4 saturated heterocycles. The molecule has 0 bridgehead atoms. The Balaban J connectivity index is 0.000000281. The van der Waals surface area contributed by atoms with Crippen molar-refractivity contribution >= 4 is 15.9 Å². The molecule has 9 heteroatoms. The van der Waals surface area contributed by atoms with Gasteiger partial charge in [0.05, 0.1) is 12.2 Å². The molecule has 2 unspecified atom stereocenters. The van der Waals surface area contributed by atoms with Gasteiger partial charge in [-0.05, 0) is 34.1 Å². The first-order valence-corrected chi connectivity index (χ1v) is 10.9. The van der Waals surface area contributed by atoms with Crippen LogP contribution in [-0.4, -0.2) is 80.3 Å². The zero-order valence-electron chi connectivity index (χ0n) is 17.7. The number of hydrogen-bond acceptors (Lipinski definition) is 8. The van der Waals surface area contributed by atoms with E-state index >= 15 is 0 Å². The molecule has 4 heterocycles. The van der Waals surface area contributed by atoms with E-state index in [1.54, 1.807) is 14.2 Å². The van der Waals surface area contributed by atoms with E-state index < -0.39 is 11.6 Å². The fourth-order valence-electron chi connectivity index (χ4n) is 4.12. The average molecular weight is 501 g/mol. The van der Waals surface area contributed by atoms with Gasteiger partial charge in [-0.3, -0.25) is 0 Å². The minimum Gasteiger partial charge on any atom is -0.353 e. The third kappa shape index (κ3) is 5.74. The molecule has 8 atom stereocenters. The fraction of sp³-hybridized carbons (Fsp3) is 1.00. The van der Waals surface area contributed by atoms with E-state index in [0.29, 0.717) is 0 Å². The molecule has 30 heavy (non-hydrogen) atoms. The summed E-state index contributed by atoms with van der Waals surface area (Å²) >= 11 is 3.39. The minimum absolute atomic E-state index is 0. The maximum Gasteiger partial charge on any atom is 0.186 e. The molecule has 0 N–H and O–H groups in total. The van der Waals surface area contributed by atoms with Crippen LogP contribution < -0.4 is 0 Å². The second kappa shape index (κ2) is 10.9. The highest BCUT2D eigenvalue weighted by Crippen LogP contribution is 2.40. The van der Waals surface area contributed by atoms with Crippen molar-refractivity contribution in [3.05, 3.63) is 0 Å². The molecule has 4 rings (SSSR count). The normalized spacial score (nSPS) is 42.4. The summed E-state index contributed by atoms with van der Waals surface area (Å²) in [5, 5.41) is 0.730. The highest BCUT2D eigenvalue weighted by molar-refractivity contribution is 9.09. The van der Waals surface area contributed by atoms with Crippen LogP contribution in [0.15, 0.2) is 0 Å². The minimum atomic E-state index is -0.531. The standard InChI is InChI=1S/C10H18O4.C9H15BrO4.2CH4/c1-5-6-7-8(9(11-4)12-6)14-10(2,3)13-7;1-9(2)13-6-5(4-10)12-8(11-3)7(6)14-9;;/h6-9H,5H2,1-4H3;5-8H,4H2,1-3H3;2*1H4/t6-,7-,8-,9?;5-,6-,7-,8?;;/m11../s1. The molecule has 4 aliphatic rings. The summed E-state index contributed by atoms with van der Waals surface area (Å²) in [4.78, 5) is 0. The second-order valence-electron chi connectivity index (χ2n) is 8.25. The monoisotopic (exact) mass is 500 g/mol. The summed E-state index contributed by atoms with van der Waals surface area (Å²) in [5.74, 6) is -1.04.